The highest BCUT2D eigenvalue weighted by atomic mass is 32.2. The van der Waals surface area contributed by atoms with E-state index in [-0.39, 0.29) is 5.91 Å². The van der Waals surface area contributed by atoms with Crippen molar-refractivity contribution in [2.24, 2.45) is 0 Å². The van der Waals surface area contributed by atoms with Gasteiger partial charge in [-0.25, -0.2) is 0 Å². The molecule has 1 N–H and O–H groups in total. The number of hydrogen-bond acceptors (Lipinski definition) is 6. The highest BCUT2D eigenvalue weighted by molar-refractivity contribution is 8.01. The van der Waals surface area contributed by atoms with E-state index in [2.05, 4.69) is 28.5 Å². The van der Waals surface area contributed by atoms with Gasteiger partial charge in [-0.05, 0) is 55.6 Å². The van der Waals surface area contributed by atoms with E-state index < -0.39 is 6.10 Å². The normalized spacial score (nSPS) is 14.8. The summed E-state index contributed by atoms with van der Waals surface area (Å²) >= 11 is 3.00. The van der Waals surface area contributed by atoms with E-state index in [9.17, 15) is 4.79 Å². The zero-order valence-electron chi connectivity index (χ0n) is 13.9. The van der Waals surface area contributed by atoms with Crippen LogP contribution in [0.1, 0.15) is 37.8 Å². The summed E-state index contributed by atoms with van der Waals surface area (Å²) in [6.07, 6.45) is 3.94. The highest BCUT2D eigenvalue weighted by Crippen LogP contribution is 2.30. The molecule has 2 aromatic rings. The monoisotopic (exact) mass is 363 g/mol. The SMILES string of the molecule is CCSc1nnc(NC(=O)[C@H](C)Oc2cccc3c2CCCC3)s1. The number of hydrogen-bond donors (Lipinski definition) is 1. The van der Waals surface area contributed by atoms with Gasteiger partial charge in [0.2, 0.25) is 5.13 Å². The van der Waals surface area contributed by atoms with Crippen molar-refractivity contribution >= 4 is 34.1 Å². The van der Waals surface area contributed by atoms with Crippen LogP contribution in [0.5, 0.6) is 5.75 Å². The molecule has 0 bridgehead atoms. The lowest BCUT2D eigenvalue weighted by atomic mass is 9.91. The molecule has 128 valence electrons. The van der Waals surface area contributed by atoms with Gasteiger partial charge in [0.05, 0.1) is 0 Å². The van der Waals surface area contributed by atoms with Gasteiger partial charge in [0.25, 0.3) is 5.91 Å². The number of carbonyl (C=O) groups excluding carboxylic acids is 1. The van der Waals surface area contributed by atoms with Crippen LogP contribution in [-0.2, 0) is 17.6 Å². The molecule has 0 unspecified atom stereocenters. The first-order valence-electron chi connectivity index (χ1n) is 8.22. The molecule has 0 aliphatic heterocycles. The molecule has 1 aromatic heterocycles. The van der Waals surface area contributed by atoms with E-state index in [1.807, 2.05) is 12.1 Å². The Morgan fingerprint density at radius 2 is 2.21 bits per heavy atom. The van der Waals surface area contributed by atoms with Gasteiger partial charge >= 0.3 is 0 Å². The molecular weight excluding hydrogens is 342 g/mol. The van der Waals surface area contributed by atoms with Crippen LogP contribution < -0.4 is 10.1 Å². The molecule has 0 spiro atoms. The fourth-order valence-electron chi connectivity index (χ4n) is 2.75. The minimum atomic E-state index is -0.579. The predicted molar refractivity (Wildman–Crippen MR) is 98.1 cm³/mol. The molecule has 1 aliphatic rings. The smallest absolute Gasteiger partial charge is 0.266 e. The standard InChI is InChI=1S/C17H21N3O2S2/c1-3-23-17-20-19-16(24-17)18-15(21)11(2)22-14-10-6-8-12-7-4-5-9-13(12)14/h6,8,10-11H,3-5,7,9H2,1-2H3,(H,18,19,21)/t11-/m0/s1. The van der Waals surface area contributed by atoms with E-state index in [0.29, 0.717) is 5.13 Å². The van der Waals surface area contributed by atoms with Gasteiger partial charge in [-0.3, -0.25) is 10.1 Å². The fraction of sp³-hybridized carbons (Fsp3) is 0.471. The van der Waals surface area contributed by atoms with Crippen molar-refractivity contribution in [1.29, 1.82) is 0 Å². The molecule has 3 rings (SSSR count). The number of amides is 1. The molecule has 5 nitrogen and oxygen atoms in total. The molecule has 0 saturated carbocycles. The Morgan fingerprint density at radius 1 is 1.38 bits per heavy atom. The number of aryl methyl sites for hydroxylation is 1. The maximum atomic E-state index is 12.3. The van der Waals surface area contributed by atoms with Crippen LogP contribution in [0.3, 0.4) is 0 Å². The molecule has 24 heavy (non-hydrogen) atoms. The van der Waals surface area contributed by atoms with E-state index in [1.165, 1.54) is 35.3 Å². The Kier molecular flexibility index (Phi) is 5.73. The van der Waals surface area contributed by atoms with Gasteiger partial charge in [0.15, 0.2) is 10.4 Å². The van der Waals surface area contributed by atoms with Crippen LogP contribution >= 0.6 is 23.1 Å². The van der Waals surface area contributed by atoms with Crippen molar-refractivity contribution in [3.63, 3.8) is 0 Å². The molecule has 1 amide bonds. The first kappa shape index (κ1) is 17.2. The summed E-state index contributed by atoms with van der Waals surface area (Å²) in [5, 5.41) is 11.3. The minimum absolute atomic E-state index is 0.201. The Hall–Kier alpha value is -1.60. The van der Waals surface area contributed by atoms with E-state index in [4.69, 9.17) is 4.74 Å². The second-order valence-corrected chi connectivity index (χ2v) is 8.15. The molecule has 0 radical (unpaired) electrons. The lowest BCUT2D eigenvalue weighted by Gasteiger charge is -2.21. The summed E-state index contributed by atoms with van der Waals surface area (Å²) in [6, 6.07) is 6.11. The molecular formula is C17H21N3O2S2. The molecule has 0 fully saturated rings. The van der Waals surface area contributed by atoms with Crippen LogP contribution in [0, 0.1) is 0 Å². The molecule has 1 heterocycles. The van der Waals surface area contributed by atoms with Gasteiger partial charge < -0.3 is 4.74 Å². The van der Waals surface area contributed by atoms with Crippen molar-refractivity contribution in [3.8, 4) is 5.75 Å². The zero-order valence-corrected chi connectivity index (χ0v) is 15.5. The molecule has 0 saturated heterocycles. The summed E-state index contributed by atoms with van der Waals surface area (Å²) in [4.78, 5) is 12.3. The van der Waals surface area contributed by atoms with Crippen LogP contribution in [0.25, 0.3) is 0 Å². The summed E-state index contributed by atoms with van der Waals surface area (Å²) < 4.78 is 6.80. The van der Waals surface area contributed by atoms with Crippen LogP contribution in [0.15, 0.2) is 22.5 Å². The molecule has 1 aromatic carbocycles. The molecule has 1 aliphatic carbocycles. The van der Waals surface area contributed by atoms with Crippen LogP contribution in [0.4, 0.5) is 5.13 Å². The largest absolute Gasteiger partial charge is 0.481 e. The number of nitrogens with one attached hydrogen (secondary N) is 1. The second-order valence-electron chi connectivity index (χ2n) is 5.66. The van der Waals surface area contributed by atoms with E-state index in [0.717, 1.165) is 28.7 Å². The summed E-state index contributed by atoms with van der Waals surface area (Å²) in [5.74, 6) is 1.56. The van der Waals surface area contributed by atoms with Gasteiger partial charge in [-0.15, -0.1) is 10.2 Å². The number of carbonyl (C=O) groups is 1. The zero-order chi connectivity index (χ0) is 16.9. The van der Waals surface area contributed by atoms with Crippen molar-refractivity contribution in [3.05, 3.63) is 29.3 Å². The summed E-state index contributed by atoms with van der Waals surface area (Å²) in [6.45, 7) is 3.82. The number of ether oxygens (including phenoxy) is 1. The predicted octanol–water partition coefficient (Wildman–Crippen LogP) is 3.93. The van der Waals surface area contributed by atoms with Gasteiger partial charge in [0.1, 0.15) is 5.75 Å². The Morgan fingerprint density at radius 3 is 3.04 bits per heavy atom. The first-order chi connectivity index (χ1) is 11.7. The third-order valence-electron chi connectivity index (χ3n) is 3.93. The quantitative estimate of drug-likeness (QED) is 0.622. The number of fused-ring (bicyclic) bond motifs is 1. The van der Waals surface area contributed by atoms with E-state index >= 15 is 0 Å². The van der Waals surface area contributed by atoms with Crippen LogP contribution in [-0.4, -0.2) is 28.0 Å². The highest BCUT2D eigenvalue weighted by Gasteiger charge is 2.20. The second kappa shape index (κ2) is 7.98. The third kappa shape index (κ3) is 4.08. The third-order valence-corrected chi connectivity index (χ3v) is 5.78. The average molecular weight is 364 g/mol. The number of nitrogens with zero attached hydrogens (tertiary/aromatic N) is 2. The van der Waals surface area contributed by atoms with Gasteiger partial charge in [0, 0.05) is 0 Å². The topological polar surface area (TPSA) is 64.1 Å². The molecule has 1 atom stereocenters. The van der Waals surface area contributed by atoms with Gasteiger partial charge in [-0.1, -0.05) is 42.2 Å². The Balaban J connectivity index is 1.64. The lowest BCUT2D eigenvalue weighted by molar-refractivity contribution is -0.122. The maximum Gasteiger partial charge on any atom is 0.266 e. The van der Waals surface area contributed by atoms with Crippen molar-refractivity contribution in [2.75, 3.05) is 11.1 Å². The number of rotatable bonds is 6. The number of benzene rings is 1. The van der Waals surface area contributed by atoms with Crippen molar-refractivity contribution < 1.29 is 9.53 Å². The first-order valence-corrected chi connectivity index (χ1v) is 10.0. The van der Waals surface area contributed by atoms with Gasteiger partial charge in [-0.2, -0.15) is 0 Å². The Labute approximate surface area is 150 Å². The molecule has 7 heteroatoms. The number of thioether (sulfide) groups is 1. The maximum absolute atomic E-state index is 12.3. The van der Waals surface area contributed by atoms with E-state index in [1.54, 1.807) is 18.7 Å². The minimum Gasteiger partial charge on any atom is -0.481 e. The van der Waals surface area contributed by atoms with Crippen molar-refractivity contribution in [1.82, 2.24) is 10.2 Å². The lowest BCUT2D eigenvalue weighted by Crippen LogP contribution is -2.30. The number of aromatic nitrogens is 2. The fourth-order valence-corrected chi connectivity index (χ4v) is 4.40. The summed E-state index contributed by atoms with van der Waals surface area (Å²) in [7, 11) is 0. The van der Waals surface area contributed by atoms with Crippen molar-refractivity contribution in [2.45, 2.75) is 50.0 Å². The Bertz CT molecular complexity index is 718. The van der Waals surface area contributed by atoms with Crippen LogP contribution in [0.2, 0.25) is 0 Å². The average Bonchev–Trinajstić information content (AvgIpc) is 3.02. The number of anilines is 1. The summed E-state index contributed by atoms with van der Waals surface area (Å²) in [5.41, 5.74) is 2.60.